The SMILES string of the molecule is CNS(=O)(=O)c1csc(C(=O)NCCC2CCCNC2)c1.Cl. The third-order valence-corrected chi connectivity index (χ3v) is 6.09. The van der Waals surface area contributed by atoms with E-state index in [9.17, 15) is 13.2 Å². The van der Waals surface area contributed by atoms with Crippen LogP contribution in [0.3, 0.4) is 0 Å². The number of amides is 1. The quantitative estimate of drug-likeness (QED) is 0.705. The van der Waals surface area contributed by atoms with Gasteiger partial charge in [-0.3, -0.25) is 4.79 Å². The molecule has 1 amide bonds. The van der Waals surface area contributed by atoms with Crippen LogP contribution in [-0.2, 0) is 10.0 Å². The number of nitrogens with one attached hydrogen (secondary N) is 3. The highest BCUT2D eigenvalue weighted by Gasteiger charge is 2.17. The molecule has 0 aliphatic carbocycles. The standard InChI is InChI=1S/C13H21N3O3S2.ClH/c1-14-21(18,19)11-7-12(20-9-11)13(17)16-6-4-10-3-2-5-15-8-10;/h7,9-10,14-15H,2-6,8H2,1H3,(H,16,17);1H. The zero-order valence-electron chi connectivity index (χ0n) is 12.4. The second-order valence-corrected chi connectivity index (χ2v) is 7.91. The Morgan fingerprint density at radius 2 is 2.27 bits per heavy atom. The molecule has 0 bridgehead atoms. The van der Waals surface area contributed by atoms with Crippen molar-refractivity contribution in [2.45, 2.75) is 24.2 Å². The Balaban J connectivity index is 0.00000242. The van der Waals surface area contributed by atoms with Crippen LogP contribution in [0, 0.1) is 5.92 Å². The summed E-state index contributed by atoms with van der Waals surface area (Å²) in [5.41, 5.74) is 0. The normalized spacial score (nSPS) is 18.5. The molecule has 1 aromatic rings. The minimum Gasteiger partial charge on any atom is -0.351 e. The number of halogens is 1. The van der Waals surface area contributed by atoms with Crippen molar-refractivity contribution >= 4 is 39.7 Å². The largest absolute Gasteiger partial charge is 0.351 e. The second kappa shape index (κ2) is 8.83. The molecule has 22 heavy (non-hydrogen) atoms. The van der Waals surface area contributed by atoms with E-state index in [1.54, 1.807) is 0 Å². The first-order valence-electron chi connectivity index (χ1n) is 7.04. The predicted octanol–water partition coefficient (Wildman–Crippen LogP) is 1.20. The predicted molar refractivity (Wildman–Crippen MR) is 90.4 cm³/mol. The van der Waals surface area contributed by atoms with Gasteiger partial charge in [0.25, 0.3) is 5.91 Å². The molecule has 3 N–H and O–H groups in total. The highest BCUT2D eigenvalue weighted by Crippen LogP contribution is 2.19. The monoisotopic (exact) mass is 367 g/mol. The van der Waals surface area contributed by atoms with Crippen molar-refractivity contribution in [2.75, 3.05) is 26.7 Å². The van der Waals surface area contributed by atoms with Crippen molar-refractivity contribution < 1.29 is 13.2 Å². The van der Waals surface area contributed by atoms with Gasteiger partial charge in [-0.05, 0) is 51.4 Å². The third kappa shape index (κ3) is 5.20. The molecular weight excluding hydrogens is 346 g/mol. The van der Waals surface area contributed by atoms with Crippen LogP contribution < -0.4 is 15.4 Å². The molecule has 2 heterocycles. The lowest BCUT2D eigenvalue weighted by Gasteiger charge is -2.22. The van der Waals surface area contributed by atoms with Crippen LogP contribution >= 0.6 is 23.7 Å². The van der Waals surface area contributed by atoms with Crippen molar-refractivity contribution in [3.05, 3.63) is 16.3 Å². The number of piperidine rings is 1. The summed E-state index contributed by atoms with van der Waals surface area (Å²) in [6.45, 7) is 2.72. The molecule has 1 aliphatic heterocycles. The average Bonchev–Trinajstić information content (AvgIpc) is 2.99. The molecule has 6 nitrogen and oxygen atoms in total. The lowest BCUT2D eigenvalue weighted by atomic mass is 9.96. The summed E-state index contributed by atoms with van der Waals surface area (Å²) < 4.78 is 25.5. The van der Waals surface area contributed by atoms with Crippen LogP contribution in [0.2, 0.25) is 0 Å². The number of rotatable bonds is 6. The van der Waals surface area contributed by atoms with Gasteiger partial charge in [0.2, 0.25) is 10.0 Å². The molecule has 1 saturated heterocycles. The number of sulfonamides is 1. The third-order valence-electron chi connectivity index (χ3n) is 3.62. The second-order valence-electron chi connectivity index (χ2n) is 5.11. The summed E-state index contributed by atoms with van der Waals surface area (Å²) in [6.07, 6.45) is 3.34. The fraction of sp³-hybridized carbons (Fsp3) is 0.615. The highest BCUT2D eigenvalue weighted by atomic mass is 35.5. The van der Waals surface area contributed by atoms with Crippen molar-refractivity contribution in [2.24, 2.45) is 5.92 Å². The van der Waals surface area contributed by atoms with Crippen molar-refractivity contribution in [3.8, 4) is 0 Å². The fourth-order valence-electron chi connectivity index (χ4n) is 2.34. The summed E-state index contributed by atoms with van der Waals surface area (Å²) >= 11 is 1.14. The molecule has 2 rings (SSSR count). The van der Waals surface area contributed by atoms with Crippen molar-refractivity contribution in [1.29, 1.82) is 0 Å². The van der Waals surface area contributed by atoms with Gasteiger partial charge in [-0.25, -0.2) is 13.1 Å². The molecular formula is C13H22ClN3O3S2. The van der Waals surface area contributed by atoms with Gasteiger partial charge in [-0.1, -0.05) is 0 Å². The number of thiophene rings is 1. The first-order chi connectivity index (χ1) is 10.0. The van der Waals surface area contributed by atoms with Crippen LogP contribution in [0.4, 0.5) is 0 Å². The number of carbonyl (C=O) groups is 1. The van der Waals surface area contributed by atoms with Crippen molar-refractivity contribution in [1.82, 2.24) is 15.4 Å². The zero-order valence-corrected chi connectivity index (χ0v) is 14.9. The Hall–Kier alpha value is -0.670. The summed E-state index contributed by atoms with van der Waals surface area (Å²) in [5, 5.41) is 7.68. The number of hydrogen-bond donors (Lipinski definition) is 3. The van der Waals surface area contributed by atoms with Crippen LogP contribution in [0.25, 0.3) is 0 Å². The fourth-order valence-corrected chi connectivity index (χ4v) is 4.26. The van der Waals surface area contributed by atoms with Crippen LogP contribution in [0.1, 0.15) is 28.9 Å². The van der Waals surface area contributed by atoms with E-state index in [1.807, 2.05) is 0 Å². The zero-order chi connectivity index (χ0) is 15.3. The Bertz CT molecular complexity index is 583. The molecule has 1 unspecified atom stereocenters. The topological polar surface area (TPSA) is 87.3 Å². The first-order valence-corrected chi connectivity index (χ1v) is 9.40. The molecule has 0 radical (unpaired) electrons. The van der Waals surface area contributed by atoms with Gasteiger partial charge in [-0.15, -0.1) is 23.7 Å². The molecule has 126 valence electrons. The van der Waals surface area contributed by atoms with E-state index in [0.29, 0.717) is 17.3 Å². The lowest BCUT2D eigenvalue weighted by molar-refractivity contribution is 0.0954. The number of carbonyl (C=O) groups excluding carboxylic acids is 1. The van der Waals surface area contributed by atoms with E-state index in [1.165, 1.54) is 31.3 Å². The minimum atomic E-state index is -3.48. The van der Waals surface area contributed by atoms with E-state index in [2.05, 4.69) is 15.4 Å². The summed E-state index contributed by atoms with van der Waals surface area (Å²) in [5.74, 6) is 0.406. The molecule has 9 heteroatoms. The van der Waals surface area contributed by atoms with E-state index >= 15 is 0 Å². The van der Waals surface area contributed by atoms with Gasteiger partial charge in [0.05, 0.1) is 9.77 Å². The van der Waals surface area contributed by atoms with E-state index in [-0.39, 0.29) is 23.2 Å². The van der Waals surface area contributed by atoms with E-state index in [4.69, 9.17) is 0 Å². The summed E-state index contributed by atoms with van der Waals surface area (Å²) in [4.78, 5) is 12.5. The van der Waals surface area contributed by atoms with Crippen LogP contribution in [0.15, 0.2) is 16.3 Å². The summed E-state index contributed by atoms with van der Waals surface area (Å²) in [7, 11) is -2.12. The maximum atomic E-state index is 12.0. The Morgan fingerprint density at radius 3 is 2.91 bits per heavy atom. The van der Waals surface area contributed by atoms with Gasteiger partial charge < -0.3 is 10.6 Å². The molecule has 0 aromatic carbocycles. The molecule has 1 aliphatic rings. The van der Waals surface area contributed by atoms with Gasteiger partial charge in [0.1, 0.15) is 0 Å². The lowest BCUT2D eigenvalue weighted by Crippen LogP contribution is -2.33. The van der Waals surface area contributed by atoms with E-state index < -0.39 is 10.0 Å². The smallest absolute Gasteiger partial charge is 0.261 e. The molecule has 1 atom stereocenters. The number of hydrogen-bond acceptors (Lipinski definition) is 5. The first kappa shape index (κ1) is 19.4. The van der Waals surface area contributed by atoms with Gasteiger partial charge in [0.15, 0.2) is 0 Å². The molecule has 0 saturated carbocycles. The summed E-state index contributed by atoms with van der Waals surface area (Å²) in [6, 6.07) is 1.41. The Labute approximate surface area is 141 Å². The van der Waals surface area contributed by atoms with Gasteiger partial charge in [0, 0.05) is 11.9 Å². The Morgan fingerprint density at radius 1 is 1.50 bits per heavy atom. The maximum Gasteiger partial charge on any atom is 0.261 e. The van der Waals surface area contributed by atoms with Gasteiger partial charge >= 0.3 is 0 Å². The van der Waals surface area contributed by atoms with E-state index in [0.717, 1.165) is 30.8 Å². The molecule has 0 spiro atoms. The van der Waals surface area contributed by atoms with Gasteiger partial charge in [-0.2, -0.15) is 0 Å². The maximum absolute atomic E-state index is 12.0. The molecule has 1 aromatic heterocycles. The van der Waals surface area contributed by atoms with Crippen LogP contribution in [0.5, 0.6) is 0 Å². The Kier molecular flexibility index (Phi) is 7.78. The van der Waals surface area contributed by atoms with Crippen LogP contribution in [-0.4, -0.2) is 41.0 Å². The highest BCUT2D eigenvalue weighted by molar-refractivity contribution is 7.89. The minimum absolute atomic E-state index is 0. The molecule has 1 fully saturated rings. The average molecular weight is 368 g/mol. The van der Waals surface area contributed by atoms with Crippen molar-refractivity contribution in [3.63, 3.8) is 0 Å².